The normalized spacial score (nSPS) is 14.5. The average Bonchev–Trinajstić information content (AvgIpc) is 3.12. The average molecular weight is 449 g/mol. The van der Waals surface area contributed by atoms with Gasteiger partial charge in [0.25, 0.3) is 5.91 Å². The van der Waals surface area contributed by atoms with Crippen LogP contribution < -0.4 is 5.32 Å². The highest BCUT2D eigenvalue weighted by Crippen LogP contribution is 2.19. The number of amides is 3. The van der Waals surface area contributed by atoms with Crippen LogP contribution >= 0.6 is 0 Å². The van der Waals surface area contributed by atoms with Crippen molar-refractivity contribution in [2.45, 2.75) is 20.0 Å². The summed E-state index contributed by atoms with van der Waals surface area (Å²) in [6.45, 7) is 6.27. The molecule has 0 aliphatic carbocycles. The van der Waals surface area contributed by atoms with Gasteiger partial charge >= 0.3 is 6.03 Å². The standard InChI is InChI=1S/C25H32N6O2/c1-18-5-7-19(8-6-18)16-26-25(33)31-13-11-30(12-14-31)17-23-27-21-15-20(24(32)28(2)3)9-10-22(21)29(23)4/h5-10,15H,11-14,16-17H2,1-4H3,(H,26,33). The van der Waals surface area contributed by atoms with Crippen molar-refractivity contribution in [2.24, 2.45) is 7.05 Å². The molecule has 0 unspecified atom stereocenters. The molecule has 0 spiro atoms. The highest BCUT2D eigenvalue weighted by molar-refractivity contribution is 5.97. The van der Waals surface area contributed by atoms with Crippen molar-refractivity contribution in [1.29, 1.82) is 0 Å². The molecule has 1 N–H and O–H groups in total. The second-order valence-electron chi connectivity index (χ2n) is 8.90. The minimum absolute atomic E-state index is 0.0176. The Morgan fingerprint density at radius 2 is 1.73 bits per heavy atom. The van der Waals surface area contributed by atoms with Gasteiger partial charge in [0.1, 0.15) is 5.82 Å². The number of fused-ring (bicyclic) bond motifs is 1. The minimum Gasteiger partial charge on any atom is -0.345 e. The van der Waals surface area contributed by atoms with Crippen molar-refractivity contribution in [2.75, 3.05) is 40.3 Å². The molecule has 2 heterocycles. The van der Waals surface area contributed by atoms with E-state index in [1.165, 1.54) is 5.56 Å². The number of rotatable bonds is 5. The molecule has 1 aromatic heterocycles. The highest BCUT2D eigenvalue weighted by Gasteiger charge is 2.22. The van der Waals surface area contributed by atoms with Gasteiger partial charge in [-0.25, -0.2) is 9.78 Å². The van der Waals surface area contributed by atoms with E-state index in [4.69, 9.17) is 4.98 Å². The number of hydrogen-bond donors (Lipinski definition) is 1. The number of piperazine rings is 1. The van der Waals surface area contributed by atoms with E-state index in [0.29, 0.717) is 31.7 Å². The van der Waals surface area contributed by atoms with Gasteiger partial charge in [-0.05, 0) is 30.7 Å². The number of carbonyl (C=O) groups is 2. The zero-order valence-electron chi connectivity index (χ0n) is 19.8. The lowest BCUT2D eigenvalue weighted by Gasteiger charge is -2.34. The molecular weight excluding hydrogens is 416 g/mol. The van der Waals surface area contributed by atoms with Crippen molar-refractivity contribution in [3.63, 3.8) is 0 Å². The molecule has 8 nitrogen and oxygen atoms in total. The maximum Gasteiger partial charge on any atom is 0.317 e. The van der Waals surface area contributed by atoms with Gasteiger partial charge in [-0.15, -0.1) is 0 Å². The first-order valence-electron chi connectivity index (χ1n) is 11.3. The third-order valence-corrected chi connectivity index (χ3v) is 6.22. The second-order valence-corrected chi connectivity index (χ2v) is 8.90. The predicted molar refractivity (Wildman–Crippen MR) is 129 cm³/mol. The van der Waals surface area contributed by atoms with E-state index < -0.39 is 0 Å². The first-order chi connectivity index (χ1) is 15.8. The van der Waals surface area contributed by atoms with Crippen LogP contribution in [0.15, 0.2) is 42.5 Å². The molecule has 33 heavy (non-hydrogen) atoms. The van der Waals surface area contributed by atoms with Crippen molar-refractivity contribution in [1.82, 2.24) is 29.6 Å². The second kappa shape index (κ2) is 9.62. The van der Waals surface area contributed by atoms with E-state index in [-0.39, 0.29) is 11.9 Å². The van der Waals surface area contributed by atoms with Crippen LogP contribution in [-0.4, -0.2) is 76.5 Å². The Bertz CT molecular complexity index is 1140. The zero-order chi connectivity index (χ0) is 23.5. The number of benzene rings is 2. The van der Waals surface area contributed by atoms with E-state index in [1.807, 2.05) is 42.3 Å². The fourth-order valence-electron chi connectivity index (χ4n) is 4.09. The molecule has 4 rings (SSSR count). The van der Waals surface area contributed by atoms with Crippen LogP contribution in [0.1, 0.15) is 27.3 Å². The summed E-state index contributed by atoms with van der Waals surface area (Å²) in [5.41, 5.74) is 4.79. The van der Waals surface area contributed by atoms with Crippen molar-refractivity contribution >= 4 is 23.0 Å². The third kappa shape index (κ3) is 5.17. The number of aromatic nitrogens is 2. The van der Waals surface area contributed by atoms with Crippen LogP contribution in [-0.2, 0) is 20.1 Å². The van der Waals surface area contributed by atoms with Crippen molar-refractivity contribution in [3.05, 3.63) is 65.0 Å². The molecule has 1 aliphatic heterocycles. The van der Waals surface area contributed by atoms with Gasteiger partial charge in [0.15, 0.2) is 0 Å². The molecule has 0 radical (unpaired) electrons. The molecule has 0 saturated carbocycles. The number of nitrogens with one attached hydrogen (secondary N) is 1. The number of hydrogen-bond acceptors (Lipinski definition) is 4. The van der Waals surface area contributed by atoms with Crippen molar-refractivity contribution < 1.29 is 9.59 Å². The summed E-state index contributed by atoms with van der Waals surface area (Å²) < 4.78 is 2.08. The monoisotopic (exact) mass is 448 g/mol. The van der Waals surface area contributed by atoms with Gasteiger partial charge in [-0.2, -0.15) is 0 Å². The van der Waals surface area contributed by atoms with Gasteiger partial charge in [-0.3, -0.25) is 9.69 Å². The molecule has 1 fully saturated rings. The molecule has 174 valence electrons. The van der Waals surface area contributed by atoms with E-state index in [2.05, 4.69) is 33.8 Å². The molecule has 1 aliphatic rings. The molecule has 0 bridgehead atoms. The number of nitrogens with zero attached hydrogens (tertiary/aromatic N) is 5. The quantitative estimate of drug-likeness (QED) is 0.651. The van der Waals surface area contributed by atoms with E-state index in [0.717, 1.165) is 35.5 Å². The van der Waals surface area contributed by atoms with Gasteiger partial charge in [0.2, 0.25) is 0 Å². The summed E-state index contributed by atoms with van der Waals surface area (Å²) in [5, 5.41) is 3.02. The Kier molecular flexibility index (Phi) is 6.65. The molecule has 1 saturated heterocycles. The van der Waals surface area contributed by atoms with Crippen molar-refractivity contribution in [3.8, 4) is 0 Å². The summed E-state index contributed by atoms with van der Waals surface area (Å²) in [5.74, 6) is 0.928. The van der Waals surface area contributed by atoms with Gasteiger partial charge in [-0.1, -0.05) is 29.8 Å². The molecule has 0 atom stereocenters. The summed E-state index contributed by atoms with van der Waals surface area (Å²) >= 11 is 0. The third-order valence-electron chi connectivity index (χ3n) is 6.22. The number of imidazole rings is 1. The van der Waals surface area contributed by atoms with Gasteiger partial charge in [0, 0.05) is 59.4 Å². The molecule has 8 heteroatoms. The maximum absolute atomic E-state index is 12.6. The van der Waals surface area contributed by atoms with Crippen LogP contribution in [0.5, 0.6) is 0 Å². The molecule has 3 amide bonds. The Morgan fingerprint density at radius 1 is 1.03 bits per heavy atom. The predicted octanol–water partition coefficient (Wildman–Crippen LogP) is 2.61. The highest BCUT2D eigenvalue weighted by atomic mass is 16.2. The fourth-order valence-corrected chi connectivity index (χ4v) is 4.09. The van der Waals surface area contributed by atoms with Crippen LogP contribution in [0.25, 0.3) is 11.0 Å². The maximum atomic E-state index is 12.6. The summed E-state index contributed by atoms with van der Waals surface area (Å²) in [6, 6.07) is 13.9. The van der Waals surface area contributed by atoms with E-state index in [1.54, 1.807) is 19.0 Å². The first kappa shape index (κ1) is 22.8. The topological polar surface area (TPSA) is 73.7 Å². The van der Waals surface area contributed by atoms with Gasteiger partial charge < -0.3 is 19.7 Å². The number of carbonyl (C=O) groups excluding carboxylic acids is 2. The van der Waals surface area contributed by atoms with Gasteiger partial charge in [0.05, 0.1) is 17.6 Å². The van der Waals surface area contributed by atoms with E-state index >= 15 is 0 Å². The summed E-state index contributed by atoms with van der Waals surface area (Å²) in [4.78, 5) is 35.4. The molecular formula is C25H32N6O2. The minimum atomic E-state index is -0.0270. The Morgan fingerprint density at radius 3 is 2.39 bits per heavy atom. The Balaban J connectivity index is 1.32. The van der Waals surface area contributed by atoms with Crippen LogP contribution in [0, 0.1) is 6.92 Å². The first-order valence-corrected chi connectivity index (χ1v) is 11.3. The lowest BCUT2D eigenvalue weighted by molar-refractivity contribution is 0.0827. The molecule has 2 aromatic carbocycles. The number of aryl methyl sites for hydroxylation is 2. The molecule has 3 aromatic rings. The Hall–Kier alpha value is -3.39. The number of urea groups is 1. The fraction of sp³-hybridized carbons (Fsp3) is 0.400. The largest absolute Gasteiger partial charge is 0.345 e. The zero-order valence-corrected chi connectivity index (χ0v) is 19.8. The summed E-state index contributed by atoms with van der Waals surface area (Å²) in [7, 11) is 5.50. The lowest BCUT2D eigenvalue weighted by Crippen LogP contribution is -2.51. The smallest absolute Gasteiger partial charge is 0.317 e. The lowest BCUT2D eigenvalue weighted by atomic mass is 10.1. The van der Waals surface area contributed by atoms with E-state index in [9.17, 15) is 9.59 Å². The van der Waals surface area contributed by atoms with Crippen LogP contribution in [0.2, 0.25) is 0 Å². The Labute approximate surface area is 194 Å². The summed E-state index contributed by atoms with van der Waals surface area (Å²) in [6.07, 6.45) is 0. The van der Waals surface area contributed by atoms with Crippen LogP contribution in [0.3, 0.4) is 0 Å². The van der Waals surface area contributed by atoms with Crippen LogP contribution in [0.4, 0.5) is 4.79 Å². The SMILES string of the molecule is Cc1ccc(CNC(=O)N2CCN(Cc3nc4cc(C(=O)N(C)C)ccc4n3C)CC2)cc1.